The summed E-state index contributed by atoms with van der Waals surface area (Å²) in [6, 6.07) is 5.27. The molecule has 3 N–H and O–H groups in total. The zero-order valence-corrected chi connectivity index (χ0v) is 10.6. The van der Waals surface area contributed by atoms with Crippen molar-refractivity contribution in [3.63, 3.8) is 0 Å². The van der Waals surface area contributed by atoms with Crippen molar-refractivity contribution in [3.05, 3.63) is 35.4 Å². The molecule has 0 saturated heterocycles. The van der Waals surface area contributed by atoms with Crippen LogP contribution in [0.2, 0.25) is 0 Å². The Labute approximate surface area is 105 Å². The molecule has 5 heteroatoms. The molecular formula is C13H19F3N2. The fraction of sp³-hybridized carbons (Fsp3) is 0.538. The molecule has 1 aromatic carbocycles. The van der Waals surface area contributed by atoms with Crippen molar-refractivity contribution < 1.29 is 13.2 Å². The van der Waals surface area contributed by atoms with Crippen LogP contribution in [-0.4, -0.2) is 12.6 Å². The standard InChI is InChI=1S/C13H19F3N2/c1-3-12(17)8-18-9(2)10-4-6-11(7-5-10)13(14,15)16/h4-7,9,12,18H,3,8,17H2,1-2H3/t9-,12?/m0/s1. The molecule has 0 amide bonds. The summed E-state index contributed by atoms with van der Waals surface area (Å²) in [4.78, 5) is 0. The van der Waals surface area contributed by atoms with Crippen molar-refractivity contribution in [1.82, 2.24) is 5.32 Å². The first-order valence-electron chi connectivity index (χ1n) is 6.00. The topological polar surface area (TPSA) is 38.0 Å². The molecule has 0 heterocycles. The number of rotatable bonds is 5. The van der Waals surface area contributed by atoms with Crippen molar-refractivity contribution in [2.75, 3.05) is 6.54 Å². The molecule has 0 aliphatic carbocycles. The highest BCUT2D eigenvalue weighted by Gasteiger charge is 2.30. The van der Waals surface area contributed by atoms with Gasteiger partial charge in [0.1, 0.15) is 0 Å². The summed E-state index contributed by atoms with van der Waals surface area (Å²) in [6.45, 7) is 4.55. The largest absolute Gasteiger partial charge is 0.416 e. The molecule has 1 aromatic rings. The Balaban J connectivity index is 2.62. The van der Waals surface area contributed by atoms with Gasteiger partial charge >= 0.3 is 6.18 Å². The molecule has 102 valence electrons. The van der Waals surface area contributed by atoms with E-state index < -0.39 is 11.7 Å². The van der Waals surface area contributed by atoms with E-state index in [9.17, 15) is 13.2 Å². The lowest BCUT2D eigenvalue weighted by atomic mass is 10.1. The van der Waals surface area contributed by atoms with Crippen LogP contribution in [0.15, 0.2) is 24.3 Å². The summed E-state index contributed by atoms with van der Waals surface area (Å²) < 4.78 is 37.2. The second-order valence-corrected chi connectivity index (χ2v) is 4.42. The molecule has 0 aromatic heterocycles. The number of nitrogens with two attached hydrogens (primary N) is 1. The number of halogens is 3. The molecule has 0 aliphatic rings. The fourth-order valence-corrected chi connectivity index (χ4v) is 1.55. The van der Waals surface area contributed by atoms with Gasteiger partial charge < -0.3 is 11.1 Å². The minimum absolute atomic E-state index is 0.00937. The molecule has 0 bridgehead atoms. The average molecular weight is 260 g/mol. The SMILES string of the molecule is CCC(N)CN[C@@H](C)c1ccc(C(F)(F)F)cc1. The van der Waals surface area contributed by atoms with Crippen molar-refractivity contribution in [3.8, 4) is 0 Å². The fourth-order valence-electron chi connectivity index (χ4n) is 1.55. The van der Waals surface area contributed by atoms with Gasteiger partial charge in [0.2, 0.25) is 0 Å². The van der Waals surface area contributed by atoms with Crippen LogP contribution in [0, 0.1) is 0 Å². The maximum atomic E-state index is 12.4. The molecule has 1 rings (SSSR count). The molecule has 0 fully saturated rings. The summed E-state index contributed by atoms with van der Waals surface area (Å²) in [5.74, 6) is 0. The second kappa shape index (κ2) is 6.20. The van der Waals surface area contributed by atoms with E-state index in [-0.39, 0.29) is 12.1 Å². The van der Waals surface area contributed by atoms with Gasteiger partial charge in [0.05, 0.1) is 5.56 Å². The van der Waals surface area contributed by atoms with Crippen LogP contribution in [-0.2, 0) is 6.18 Å². The molecule has 2 atom stereocenters. The van der Waals surface area contributed by atoms with E-state index in [0.29, 0.717) is 6.54 Å². The summed E-state index contributed by atoms with van der Waals surface area (Å²) in [7, 11) is 0. The molecule has 0 saturated carbocycles. The van der Waals surface area contributed by atoms with Crippen LogP contribution in [0.4, 0.5) is 13.2 Å². The van der Waals surface area contributed by atoms with Gasteiger partial charge in [0, 0.05) is 18.6 Å². The quantitative estimate of drug-likeness (QED) is 0.853. The van der Waals surface area contributed by atoms with Crippen LogP contribution in [0.1, 0.15) is 37.4 Å². The van der Waals surface area contributed by atoms with Crippen molar-refractivity contribution in [2.45, 2.75) is 38.5 Å². The highest BCUT2D eigenvalue weighted by atomic mass is 19.4. The first kappa shape index (κ1) is 15.0. The Morgan fingerprint density at radius 1 is 1.22 bits per heavy atom. The number of hydrogen-bond acceptors (Lipinski definition) is 2. The van der Waals surface area contributed by atoms with Crippen LogP contribution < -0.4 is 11.1 Å². The van der Waals surface area contributed by atoms with Crippen LogP contribution in [0.3, 0.4) is 0 Å². The minimum Gasteiger partial charge on any atom is -0.327 e. The number of hydrogen-bond donors (Lipinski definition) is 2. The smallest absolute Gasteiger partial charge is 0.327 e. The van der Waals surface area contributed by atoms with E-state index in [2.05, 4.69) is 5.32 Å². The van der Waals surface area contributed by atoms with Gasteiger partial charge in [-0.25, -0.2) is 0 Å². The van der Waals surface area contributed by atoms with E-state index in [1.165, 1.54) is 12.1 Å². The molecule has 0 aliphatic heterocycles. The third kappa shape index (κ3) is 4.31. The zero-order valence-electron chi connectivity index (χ0n) is 10.6. The van der Waals surface area contributed by atoms with Gasteiger partial charge in [-0.1, -0.05) is 19.1 Å². The van der Waals surface area contributed by atoms with Gasteiger partial charge in [-0.05, 0) is 31.0 Å². The molecule has 0 radical (unpaired) electrons. The van der Waals surface area contributed by atoms with Gasteiger partial charge in [0.25, 0.3) is 0 Å². The number of nitrogens with one attached hydrogen (secondary N) is 1. The van der Waals surface area contributed by atoms with Crippen LogP contribution >= 0.6 is 0 Å². The third-order valence-electron chi connectivity index (χ3n) is 2.95. The van der Waals surface area contributed by atoms with Crippen LogP contribution in [0.5, 0.6) is 0 Å². The lowest BCUT2D eigenvalue weighted by molar-refractivity contribution is -0.137. The molecule has 18 heavy (non-hydrogen) atoms. The molecule has 2 nitrogen and oxygen atoms in total. The predicted molar refractivity (Wildman–Crippen MR) is 66.1 cm³/mol. The Bertz CT molecular complexity index is 359. The van der Waals surface area contributed by atoms with E-state index in [0.717, 1.165) is 24.1 Å². The first-order chi connectivity index (χ1) is 8.34. The third-order valence-corrected chi connectivity index (χ3v) is 2.95. The summed E-state index contributed by atoms with van der Waals surface area (Å²) in [5.41, 5.74) is 5.97. The van der Waals surface area contributed by atoms with Crippen LogP contribution in [0.25, 0.3) is 0 Å². The maximum Gasteiger partial charge on any atom is 0.416 e. The summed E-state index contributed by atoms with van der Waals surface area (Å²) in [6.07, 6.45) is -3.41. The normalized spacial score (nSPS) is 15.4. The van der Waals surface area contributed by atoms with Gasteiger partial charge in [-0.15, -0.1) is 0 Å². The van der Waals surface area contributed by atoms with Crippen molar-refractivity contribution in [1.29, 1.82) is 0 Å². The van der Waals surface area contributed by atoms with E-state index >= 15 is 0 Å². The summed E-state index contributed by atoms with van der Waals surface area (Å²) in [5, 5.41) is 3.20. The monoisotopic (exact) mass is 260 g/mol. The maximum absolute atomic E-state index is 12.4. The van der Waals surface area contributed by atoms with Gasteiger partial charge in [0.15, 0.2) is 0 Å². The Hall–Kier alpha value is -1.07. The zero-order chi connectivity index (χ0) is 13.8. The average Bonchev–Trinajstić information content (AvgIpc) is 2.34. The predicted octanol–water partition coefficient (Wildman–Crippen LogP) is 3.09. The second-order valence-electron chi connectivity index (χ2n) is 4.42. The number of benzene rings is 1. The molecule has 0 spiro atoms. The Kier molecular flexibility index (Phi) is 5.16. The molecule has 1 unspecified atom stereocenters. The van der Waals surface area contributed by atoms with E-state index in [4.69, 9.17) is 5.73 Å². The Morgan fingerprint density at radius 2 is 1.78 bits per heavy atom. The van der Waals surface area contributed by atoms with E-state index in [1.54, 1.807) is 0 Å². The summed E-state index contributed by atoms with van der Waals surface area (Å²) >= 11 is 0. The number of alkyl halides is 3. The lowest BCUT2D eigenvalue weighted by Gasteiger charge is -2.17. The highest BCUT2D eigenvalue weighted by molar-refractivity contribution is 5.26. The first-order valence-corrected chi connectivity index (χ1v) is 6.00. The molecular weight excluding hydrogens is 241 g/mol. The lowest BCUT2D eigenvalue weighted by Crippen LogP contribution is -2.34. The van der Waals surface area contributed by atoms with E-state index in [1.807, 2.05) is 13.8 Å². The minimum atomic E-state index is -4.28. The van der Waals surface area contributed by atoms with Gasteiger partial charge in [-0.2, -0.15) is 13.2 Å². The Morgan fingerprint density at radius 3 is 2.22 bits per heavy atom. The van der Waals surface area contributed by atoms with Gasteiger partial charge in [-0.3, -0.25) is 0 Å². The van der Waals surface area contributed by atoms with Crippen molar-refractivity contribution >= 4 is 0 Å². The van der Waals surface area contributed by atoms with Crippen molar-refractivity contribution in [2.24, 2.45) is 5.73 Å². The highest BCUT2D eigenvalue weighted by Crippen LogP contribution is 2.29.